The van der Waals surface area contributed by atoms with Gasteiger partial charge in [0.15, 0.2) is 16.7 Å². The lowest BCUT2D eigenvalue weighted by atomic mass is 9.88. The maximum Gasteiger partial charge on any atom is 0.195 e. The molecule has 0 atom stereocenters. The summed E-state index contributed by atoms with van der Waals surface area (Å²) >= 11 is 1.59. The van der Waals surface area contributed by atoms with Gasteiger partial charge in [-0.1, -0.05) is 61.4 Å². The van der Waals surface area contributed by atoms with E-state index >= 15 is 0 Å². The van der Waals surface area contributed by atoms with Gasteiger partial charge in [0.25, 0.3) is 0 Å². The number of para-hydroxylation sites is 2. The average Bonchev–Trinajstić information content (AvgIpc) is 3.17. The summed E-state index contributed by atoms with van der Waals surface area (Å²) in [6.07, 6.45) is 6.17. The SMILES string of the molecule is Fc1ccccc1OCCSc1nnc(C2CCCCC2)n1-c1ccccc1. The summed E-state index contributed by atoms with van der Waals surface area (Å²) in [5.74, 6) is 2.15. The van der Waals surface area contributed by atoms with Crippen LogP contribution in [0.15, 0.2) is 59.8 Å². The van der Waals surface area contributed by atoms with Gasteiger partial charge in [0.05, 0.1) is 6.61 Å². The summed E-state index contributed by atoms with van der Waals surface area (Å²) in [6.45, 7) is 0.409. The van der Waals surface area contributed by atoms with Gasteiger partial charge in [-0.3, -0.25) is 4.57 Å². The van der Waals surface area contributed by atoms with Crippen molar-refractivity contribution in [2.24, 2.45) is 0 Å². The number of ether oxygens (including phenoxy) is 1. The number of halogens is 1. The third-order valence-electron chi connectivity index (χ3n) is 5.05. The number of benzene rings is 2. The van der Waals surface area contributed by atoms with Gasteiger partial charge in [-0.15, -0.1) is 10.2 Å². The lowest BCUT2D eigenvalue weighted by Crippen LogP contribution is -2.12. The van der Waals surface area contributed by atoms with E-state index in [2.05, 4.69) is 26.9 Å². The molecule has 1 aliphatic rings. The first-order valence-electron chi connectivity index (χ1n) is 9.84. The minimum absolute atomic E-state index is 0.288. The quantitative estimate of drug-likeness (QED) is 0.383. The molecule has 6 heteroatoms. The van der Waals surface area contributed by atoms with E-state index in [0.717, 1.165) is 16.7 Å². The van der Waals surface area contributed by atoms with Crippen LogP contribution in [0.2, 0.25) is 0 Å². The molecule has 3 aromatic rings. The van der Waals surface area contributed by atoms with E-state index in [9.17, 15) is 4.39 Å². The topological polar surface area (TPSA) is 39.9 Å². The number of hydrogen-bond acceptors (Lipinski definition) is 4. The Morgan fingerprint density at radius 3 is 2.50 bits per heavy atom. The highest BCUT2D eigenvalue weighted by Crippen LogP contribution is 2.34. The fourth-order valence-electron chi connectivity index (χ4n) is 3.67. The average molecular weight is 398 g/mol. The fraction of sp³-hybridized carbons (Fsp3) is 0.364. The molecule has 1 aromatic heterocycles. The highest BCUT2D eigenvalue weighted by molar-refractivity contribution is 7.99. The van der Waals surface area contributed by atoms with Gasteiger partial charge in [0.2, 0.25) is 0 Å². The highest BCUT2D eigenvalue weighted by Gasteiger charge is 2.24. The summed E-state index contributed by atoms with van der Waals surface area (Å²) in [7, 11) is 0. The van der Waals surface area contributed by atoms with Crippen molar-refractivity contribution in [3.05, 3.63) is 66.2 Å². The van der Waals surface area contributed by atoms with E-state index in [1.54, 1.807) is 30.0 Å². The second-order valence-electron chi connectivity index (χ2n) is 6.97. The Bertz CT molecular complexity index is 894. The first kappa shape index (κ1) is 19.0. The number of rotatable bonds is 7. The Morgan fingerprint density at radius 1 is 0.964 bits per heavy atom. The van der Waals surface area contributed by atoms with Crippen molar-refractivity contribution >= 4 is 11.8 Å². The van der Waals surface area contributed by atoms with Crippen LogP contribution < -0.4 is 4.74 Å². The fourth-order valence-corrected chi connectivity index (χ4v) is 4.44. The minimum Gasteiger partial charge on any atom is -0.490 e. The van der Waals surface area contributed by atoms with E-state index in [1.165, 1.54) is 38.2 Å². The van der Waals surface area contributed by atoms with Gasteiger partial charge < -0.3 is 4.74 Å². The van der Waals surface area contributed by atoms with Crippen molar-refractivity contribution < 1.29 is 9.13 Å². The van der Waals surface area contributed by atoms with E-state index < -0.39 is 0 Å². The molecule has 0 aliphatic heterocycles. The molecule has 4 nitrogen and oxygen atoms in total. The molecular formula is C22H24FN3OS. The van der Waals surface area contributed by atoms with E-state index in [-0.39, 0.29) is 11.6 Å². The molecule has 28 heavy (non-hydrogen) atoms. The van der Waals surface area contributed by atoms with Gasteiger partial charge in [-0.25, -0.2) is 4.39 Å². The smallest absolute Gasteiger partial charge is 0.195 e. The summed E-state index contributed by atoms with van der Waals surface area (Å²) in [5.41, 5.74) is 1.09. The third-order valence-corrected chi connectivity index (χ3v) is 5.95. The zero-order chi connectivity index (χ0) is 19.2. The van der Waals surface area contributed by atoms with Crippen LogP contribution in [-0.2, 0) is 0 Å². The Hall–Kier alpha value is -2.34. The molecular weight excluding hydrogens is 373 g/mol. The van der Waals surface area contributed by atoms with Crippen LogP contribution in [0.3, 0.4) is 0 Å². The molecule has 0 amide bonds. The molecule has 4 rings (SSSR count). The van der Waals surface area contributed by atoms with Crippen molar-refractivity contribution in [3.8, 4) is 11.4 Å². The van der Waals surface area contributed by atoms with Crippen LogP contribution in [-0.4, -0.2) is 27.1 Å². The summed E-state index contributed by atoms with van der Waals surface area (Å²) < 4.78 is 21.4. The van der Waals surface area contributed by atoms with Crippen molar-refractivity contribution in [3.63, 3.8) is 0 Å². The monoisotopic (exact) mass is 397 g/mol. The van der Waals surface area contributed by atoms with Gasteiger partial charge in [-0.2, -0.15) is 0 Å². The molecule has 1 fully saturated rings. The zero-order valence-corrected chi connectivity index (χ0v) is 16.6. The van der Waals surface area contributed by atoms with E-state index in [4.69, 9.17) is 4.74 Å². The van der Waals surface area contributed by atoms with Crippen molar-refractivity contribution in [2.45, 2.75) is 43.2 Å². The number of nitrogens with zero attached hydrogens (tertiary/aromatic N) is 3. The van der Waals surface area contributed by atoms with Crippen LogP contribution in [0, 0.1) is 5.82 Å². The number of thioether (sulfide) groups is 1. The van der Waals surface area contributed by atoms with Crippen molar-refractivity contribution in [1.29, 1.82) is 0 Å². The molecule has 0 unspecified atom stereocenters. The first-order valence-corrected chi connectivity index (χ1v) is 10.8. The molecule has 0 radical (unpaired) electrons. The Labute approximate surface area is 169 Å². The van der Waals surface area contributed by atoms with Crippen molar-refractivity contribution in [1.82, 2.24) is 14.8 Å². The Balaban J connectivity index is 1.48. The normalized spacial score (nSPS) is 14.9. The van der Waals surface area contributed by atoms with Gasteiger partial charge in [0.1, 0.15) is 5.82 Å². The molecule has 2 aromatic carbocycles. The van der Waals surface area contributed by atoms with Gasteiger partial charge in [0, 0.05) is 17.4 Å². The lowest BCUT2D eigenvalue weighted by molar-refractivity contribution is 0.325. The highest BCUT2D eigenvalue weighted by atomic mass is 32.2. The maximum atomic E-state index is 13.7. The largest absolute Gasteiger partial charge is 0.490 e. The number of aromatic nitrogens is 3. The second-order valence-corrected chi connectivity index (χ2v) is 8.04. The second kappa shape index (κ2) is 9.24. The summed E-state index contributed by atoms with van der Waals surface area (Å²) in [6, 6.07) is 16.8. The predicted octanol–water partition coefficient (Wildman–Crippen LogP) is 5.63. The Kier molecular flexibility index (Phi) is 6.27. The molecule has 146 valence electrons. The molecule has 0 N–H and O–H groups in total. The standard InChI is InChI=1S/C22H24FN3OS/c23-19-13-7-8-14-20(19)27-15-16-28-22-25-24-21(17-9-3-1-4-10-17)26(22)18-11-5-2-6-12-18/h2,5-8,11-14,17H,1,3-4,9-10,15-16H2. The minimum atomic E-state index is -0.334. The number of hydrogen-bond donors (Lipinski definition) is 0. The van der Waals surface area contributed by atoms with E-state index in [1.807, 2.05) is 18.2 Å². The van der Waals surface area contributed by atoms with Crippen LogP contribution in [0.5, 0.6) is 5.75 Å². The molecule has 0 bridgehead atoms. The zero-order valence-electron chi connectivity index (χ0n) is 15.8. The van der Waals surface area contributed by atoms with Gasteiger partial charge in [-0.05, 0) is 37.1 Å². The van der Waals surface area contributed by atoms with Crippen molar-refractivity contribution in [2.75, 3.05) is 12.4 Å². The lowest BCUT2D eigenvalue weighted by Gasteiger charge is -2.22. The molecule has 1 saturated carbocycles. The van der Waals surface area contributed by atoms with Gasteiger partial charge >= 0.3 is 0 Å². The van der Waals surface area contributed by atoms with E-state index in [0.29, 0.717) is 18.3 Å². The predicted molar refractivity (Wildman–Crippen MR) is 110 cm³/mol. The Morgan fingerprint density at radius 2 is 1.71 bits per heavy atom. The summed E-state index contributed by atoms with van der Waals surface area (Å²) in [4.78, 5) is 0. The third kappa shape index (κ3) is 4.38. The summed E-state index contributed by atoms with van der Waals surface area (Å²) in [5, 5.41) is 9.90. The molecule has 0 saturated heterocycles. The first-order chi connectivity index (χ1) is 13.8. The molecule has 1 aliphatic carbocycles. The van der Waals surface area contributed by atoms with Crippen LogP contribution in [0.25, 0.3) is 5.69 Å². The molecule has 0 spiro atoms. The van der Waals surface area contributed by atoms with Crippen LogP contribution >= 0.6 is 11.8 Å². The molecule has 1 heterocycles. The van der Waals surface area contributed by atoms with Crippen LogP contribution in [0.1, 0.15) is 43.8 Å². The van der Waals surface area contributed by atoms with Crippen LogP contribution in [0.4, 0.5) is 4.39 Å². The maximum absolute atomic E-state index is 13.7.